The van der Waals surface area contributed by atoms with Gasteiger partial charge in [-0.1, -0.05) is 18.6 Å². The monoisotopic (exact) mass is 275 g/mol. The SMILES string of the molecule is CNC(=O)c1ccccc1NC(=O)C1CCCC1CN. The predicted octanol–water partition coefficient (Wildman–Crippen LogP) is 1.36. The van der Waals surface area contributed by atoms with Crippen molar-refractivity contribution >= 4 is 17.5 Å². The molecule has 2 rings (SSSR count). The Morgan fingerprint density at radius 2 is 2.05 bits per heavy atom. The first kappa shape index (κ1) is 14.5. The molecule has 2 atom stereocenters. The molecular formula is C15H21N3O2. The molecule has 1 aliphatic carbocycles. The summed E-state index contributed by atoms with van der Waals surface area (Å²) in [7, 11) is 1.57. The Hall–Kier alpha value is -1.88. The number of para-hydroxylation sites is 1. The van der Waals surface area contributed by atoms with Crippen molar-refractivity contribution in [1.82, 2.24) is 5.32 Å². The van der Waals surface area contributed by atoms with E-state index in [0.717, 1.165) is 19.3 Å². The minimum atomic E-state index is -0.206. The highest BCUT2D eigenvalue weighted by molar-refractivity contribution is 6.04. The minimum absolute atomic E-state index is 0.0331. The Bertz CT molecular complexity index is 502. The summed E-state index contributed by atoms with van der Waals surface area (Å²) >= 11 is 0. The Morgan fingerprint density at radius 3 is 2.75 bits per heavy atom. The molecule has 0 aromatic heterocycles. The Balaban J connectivity index is 2.14. The maximum atomic E-state index is 12.3. The summed E-state index contributed by atoms with van der Waals surface area (Å²) in [4.78, 5) is 24.1. The molecule has 20 heavy (non-hydrogen) atoms. The summed E-state index contributed by atoms with van der Waals surface area (Å²) < 4.78 is 0. The standard InChI is InChI=1S/C15H21N3O2/c1-17-14(19)12-6-2-3-8-13(12)18-15(20)11-7-4-5-10(11)9-16/h2-3,6,8,10-11H,4-5,7,9,16H2,1H3,(H,17,19)(H,18,20). The highest BCUT2D eigenvalue weighted by Crippen LogP contribution is 2.32. The number of nitrogens with two attached hydrogens (primary N) is 1. The Morgan fingerprint density at radius 1 is 1.30 bits per heavy atom. The van der Waals surface area contributed by atoms with Gasteiger partial charge in [-0.25, -0.2) is 0 Å². The lowest BCUT2D eigenvalue weighted by molar-refractivity contribution is -0.120. The number of rotatable bonds is 4. The predicted molar refractivity (Wildman–Crippen MR) is 78.3 cm³/mol. The lowest BCUT2D eigenvalue weighted by Crippen LogP contribution is -2.30. The van der Waals surface area contributed by atoms with Crippen LogP contribution in [0, 0.1) is 11.8 Å². The van der Waals surface area contributed by atoms with Crippen LogP contribution in [0.4, 0.5) is 5.69 Å². The van der Waals surface area contributed by atoms with Crippen molar-refractivity contribution in [2.75, 3.05) is 18.9 Å². The van der Waals surface area contributed by atoms with Gasteiger partial charge in [0.05, 0.1) is 11.3 Å². The maximum absolute atomic E-state index is 12.3. The van der Waals surface area contributed by atoms with Crippen LogP contribution in [-0.4, -0.2) is 25.4 Å². The molecule has 2 unspecified atom stereocenters. The summed E-state index contributed by atoms with van der Waals surface area (Å²) in [6, 6.07) is 7.02. The van der Waals surface area contributed by atoms with Gasteiger partial charge in [0.2, 0.25) is 5.91 Å². The second kappa shape index (κ2) is 6.52. The lowest BCUT2D eigenvalue weighted by atomic mass is 9.95. The fraction of sp³-hybridized carbons (Fsp3) is 0.467. The van der Waals surface area contributed by atoms with Gasteiger partial charge in [-0.05, 0) is 37.4 Å². The van der Waals surface area contributed by atoms with Crippen LogP contribution < -0.4 is 16.4 Å². The Labute approximate surface area is 118 Å². The van der Waals surface area contributed by atoms with Gasteiger partial charge in [-0.15, -0.1) is 0 Å². The van der Waals surface area contributed by atoms with Crippen molar-refractivity contribution in [1.29, 1.82) is 0 Å². The molecule has 1 aromatic carbocycles. The van der Waals surface area contributed by atoms with Gasteiger partial charge in [0.1, 0.15) is 0 Å². The van der Waals surface area contributed by atoms with E-state index in [1.807, 2.05) is 0 Å². The molecule has 1 aliphatic rings. The molecule has 0 bridgehead atoms. The number of anilines is 1. The summed E-state index contributed by atoms with van der Waals surface area (Å²) in [5.41, 5.74) is 6.74. The van der Waals surface area contributed by atoms with Crippen molar-refractivity contribution in [3.8, 4) is 0 Å². The zero-order chi connectivity index (χ0) is 14.5. The summed E-state index contributed by atoms with van der Waals surface area (Å²) in [5.74, 6) is -0.0306. The van der Waals surface area contributed by atoms with Gasteiger partial charge in [0, 0.05) is 13.0 Å². The average molecular weight is 275 g/mol. The zero-order valence-corrected chi connectivity index (χ0v) is 11.7. The number of nitrogens with one attached hydrogen (secondary N) is 2. The summed E-state index contributed by atoms with van der Waals surface area (Å²) in [5, 5.41) is 5.45. The number of amides is 2. The third-order valence-corrected chi connectivity index (χ3v) is 3.96. The highest BCUT2D eigenvalue weighted by atomic mass is 16.2. The second-order valence-corrected chi connectivity index (χ2v) is 5.15. The van der Waals surface area contributed by atoms with Gasteiger partial charge < -0.3 is 16.4 Å². The third kappa shape index (κ3) is 2.99. The number of benzene rings is 1. The summed E-state index contributed by atoms with van der Waals surface area (Å²) in [6.07, 6.45) is 2.92. The molecule has 2 amide bonds. The van der Waals surface area contributed by atoms with E-state index >= 15 is 0 Å². The second-order valence-electron chi connectivity index (χ2n) is 5.15. The molecule has 0 heterocycles. The fourth-order valence-electron chi connectivity index (χ4n) is 2.81. The van der Waals surface area contributed by atoms with E-state index < -0.39 is 0 Å². The van der Waals surface area contributed by atoms with Crippen LogP contribution in [0.1, 0.15) is 29.6 Å². The van der Waals surface area contributed by atoms with E-state index in [4.69, 9.17) is 5.73 Å². The first-order valence-electron chi connectivity index (χ1n) is 6.99. The van der Waals surface area contributed by atoms with Crippen LogP contribution in [0.25, 0.3) is 0 Å². The molecular weight excluding hydrogens is 254 g/mol. The molecule has 5 nitrogen and oxygen atoms in total. The van der Waals surface area contributed by atoms with Gasteiger partial charge in [0.25, 0.3) is 5.91 Å². The molecule has 0 saturated heterocycles. The third-order valence-electron chi connectivity index (χ3n) is 3.96. The normalized spacial score (nSPS) is 21.5. The van der Waals surface area contributed by atoms with E-state index in [9.17, 15) is 9.59 Å². The molecule has 4 N–H and O–H groups in total. The first-order valence-corrected chi connectivity index (χ1v) is 6.99. The largest absolute Gasteiger partial charge is 0.355 e. The highest BCUT2D eigenvalue weighted by Gasteiger charge is 2.32. The quantitative estimate of drug-likeness (QED) is 0.775. The lowest BCUT2D eigenvalue weighted by Gasteiger charge is -2.18. The van der Waals surface area contributed by atoms with E-state index in [-0.39, 0.29) is 23.7 Å². The number of carbonyl (C=O) groups excluding carboxylic acids is 2. The van der Waals surface area contributed by atoms with E-state index in [1.165, 1.54) is 0 Å². The number of hydrogen-bond donors (Lipinski definition) is 3. The van der Waals surface area contributed by atoms with Crippen LogP contribution in [0.5, 0.6) is 0 Å². The molecule has 1 aromatic rings. The zero-order valence-electron chi connectivity index (χ0n) is 11.7. The molecule has 108 valence electrons. The molecule has 0 radical (unpaired) electrons. The summed E-state index contributed by atoms with van der Waals surface area (Å²) in [6.45, 7) is 0.537. The van der Waals surface area contributed by atoms with Crippen LogP contribution in [0.2, 0.25) is 0 Å². The van der Waals surface area contributed by atoms with Crippen LogP contribution in [0.3, 0.4) is 0 Å². The van der Waals surface area contributed by atoms with Crippen molar-refractivity contribution < 1.29 is 9.59 Å². The Kier molecular flexibility index (Phi) is 4.74. The molecule has 5 heteroatoms. The fourth-order valence-corrected chi connectivity index (χ4v) is 2.81. The van der Waals surface area contributed by atoms with E-state index in [1.54, 1.807) is 31.3 Å². The van der Waals surface area contributed by atoms with Gasteiger partial charge in [-0.3, -0.25) is 9.59 Å². The molecule has 0 spiro atoms. The molecule has 1 fully saturated rings. The number of hydrogen-bond acceptors (Lipinski definition) is 3. The van der Waals surface area contributed by atoms with Crippen molar-refractivity contribution in [3.05, 3.63) is 29.8 Å². The van der Waals surface area contributed by atoms with Crippen LogP contribution in [-0.2, 0) is 4.79 Å². The van der Waals surface area contributed by atoms with Crippen LogP contribution >= 0.6 is 0 Å². The van der Waals surface area contributed by atoms with Crippen molar-refractivity contribution in [3.63, 3.8) is 0 Å². The minimum Gasteiger partial charge on any atom is -0.355 e. The molecule has 0 aliphatic heterocycles. The average Bonchev–Trinajstić information content (AvgIpc) is 2.95. The smallest absolute Gasteiger partial charge is 0.253 e. The van der Waals surface area contributed by atoms with Crippen molar-refractivity contribution in [2.24, 2.45) is 17.6 Å². The molecule has 1 saturated carbocycles. The van der Waals surface area contributed by atoms with Crippen molar-refractivity contribution in [2.45, 2.75) is 19.3 Å². The van der Waals surface area contributed by atoms with Gasteiger partial charge >= 0.3 is 0 Å². The van der Waals surface area contributed by atoms with E-state index in [0.29, 0.717) is 17.8 Å². The van der Waals surface area contributed by atoms with Crippen LogP contribution in [0.15, 0.2) is 24.3 Å². The maximum Gasteiger partial charge on any atom is 0.253 e. The van der Waals surface area contributed by atoms with Gasteiger partial charge in [-0.2, -0.15) is 0 Å². The number of carbonyl (C=O) groups is 2. The topological polar surface area (TPSA) is 84.2 Å². The van der Waals surface area contributed by atoms with E-state index in [2.05, 4.69) is 10.6 Å². The first-order chi connectivity index (χ1) is 9.67. The van der Waals surface area contributed by atoms with Gasteiger partial charge in [0.15, 0.2) is 0 Å².